The third-order valence-electron chi connectivity index (χ3n) is 2.89. The lowest BCUT2D eigenvalue weighted by molar-refractivity contribution is -0.136. The first-order chi connectivity index (χ1) is 10.4. The fraction of sp³-hybridized carbons (Fsp3) is 0.286. The minimum absolute atomic E-state index is 0.0263. The number of benzene rings is 1. The van der Waals surface area contributed by atoms with Crippen molar-refractivity contribution >= 4 is 11.9 Å². The topological polar surface area (TPSA) is 97.1 Å². The van der Waals surface area contributed by atoms with Crippen LogP contribution in [0, 0.1) is 19.7 Å². The number of carbonyl (C=O) groups is 2. The largest absolute Gasteiger partial charge is 0.481 e. The first-order valence-corrected chi connectivity index (χ1v) is 6.58. The molecule has 2 aromatic rings. The molecular formula is C14H15FN4O3. The van der Waals surface area contributed by atoms with Crippen LogP contribution in [0.3, 0.4) is 0 Å². The van der Waals surface area contributed by atoms with Crippen molar-refractivity contribution in [3.63, 3.8) is 0 Å². The number of carbonyl (C=O) groups excluding carboxylic acids is 1. The van der Waals surface area contributed by atoms with Gasteiger partial charge in [-0.2, -0.15) is 5.10 Å². The number of aliphatic carboxylic acids is 1. The molecule has 0 radical (unpaired) electrons. The zero-order valence-corrected chi connectivity index (χ0v) is 12.1. The third-order valence-corrected chi connectivity index (χ3v) is 2.89. The molecule has 0 saturated carbocycles. The van der Waals surface area contributed by atoms with Gasteiger partial charge in [0.05, 0.1) is 12.1 Å². The number of aromatic nitrogens is 3. The van der Waals surface area contributed by atoms with Crippen molar-refractivity contribution in [3.05, 3.63) is 41.2 Å². The van der Waals surface area contributed by atoms with Crippen LogP contribution in [0.1, 0.15) is 28.4 Å². The molecule has 116 valence electrons. The molecule has 0 atom stereocenters. The summed E-state index contributed by atoms with van der Waals surface area (Å²) >= 11 is 0. The molecule has 0 aliphatic heterocycles. The Morgan fingerprint density at radius 1 is 1.32 bits per heavy atom. The van der Waals surface area contributed by atoms with Crippen LogP contribution in [-0.4, -0.2) is 38.3 Å². The molecule has 0 spiro atoms. The standard InChI is InChI=1S/C14H15FN4O3/c1-8-17-9(2)19(18-8)12-6-10(5-11(15)7-12)14(22)16-4-3-13(20)21/h5-7H,3-4H2,1-2H3,(H,16,22)(H,20,21). The van der Waals surface area contributed by atoms with Crippen molar-refractivity contribution in [1.29, 1.82) is 0 Å². The van der Waals surface area contributed by atoms with Crippen LogP contribution in [0.5, 0.6) is 0 Å². The second-order valence-corrected chi connectivity index (χ2v) is 4.72. The van der Waals surface area contributed by atoms with E-state index in [0.29, 0.717) is 17.3 Å². The predicted octanol–water partition coefficient (Wildman–Crippen LogP) is 1.23. The molecule has 0 aliphatic rings. The highest BCUT2D eigenvalue weighted by Gasteiger charge is 2.12. The summed E-state index contributed by atoms with van der Waals surface area (Å²) in [6.45, 7) is 3.40. The van der Waals surface area contributed by atoms with E-state index in [2.05, 4.69) is 15.4 Å². The summed E-state index contributed by atoms with van der Waals surface area (Å²) in [5, 5.41) is 15.1. The van der Waals surface area contributed by atoms with E-state index in [1.54, 1.807) is 13.8 Å². The Morgan fingerprint density at radius 3 is 2.64 bits per heavy atom. The summed E-state index contributed by atoms with van der Waals surface area (Å²) in [6.07, 6.45) is -0.199. The van der Waals surface area contributed by atoms with E-state index in [4.69, 9.17) is 5.11 Å². The van der Waals surface area contributed by atoms with E-state index in [0.717, 1.165) is 6.07 Å². The molecule has 1 aromatic heterocycles. The molecular weight excluding hydrogens is 291 g/mol. The molecule has 2 N–H and O–H groups in total. The predicted molar refractivity (Wildman–Crippen MR) is 75.4 cm³/mol. The highest BCUT2D eigenvalue weighted by molar-refractivity contribution is 5.94. The van der Waals surface area contributed by atoms with Gasteiger partial charge in [-0.15, -0.1) is 0 Å². The van der Waals surface area contributed by atoms with E-state index in [1.165, 1.54) is 16.8 Å². The first kappa shape index (κ1) is 15.6. The second kappa shape index (κ2) is 6.33. The number of amides is 1. The van der Waals surface area contributed by atoms with Crippen molar-refractivity contribution in [2.45, 2.75) is 20.3 Å². The zero-order chi connectivity index (χ0) is 16.3. The monoisotopic (exact) mass is 306 g/mol. The van der Waals surface area contributed by atoms with Gasteiger partial charge in [-0.3, -0.25) is 9.59 Å². The van der Waals surface area contributed by atoms with Crippen LogP contribution >= 0.6 is 0 Å². The summed E-state index contributed by atoms with van der Waals surface area (Å²) < 4.78 is 15.2. The maximum Gasteiger partial charge on any atom is 0.305 e. The molecule has 2 rings (SSSR count). The van der Waals surface area contributed by atoms with Gasteiger partial charge in [0.1, 0.15) is 17.5 Å². The summed E-state index contributed by atoms with van der Waals surface area (Å²) in [5.41, 5.74) is 0.467. The number of hydrogen-bond donors (Lipinski definition) is 2. The third kappa shape index (κ3) is 3.66. The average molecular weight is 306 g/mol. The smallest absolute Gasteiger partial charge is 0.305 e. The second-order valence-electron chi connectivity index (χ2n) is 4.72. The van der Waals surface area contributed by atoms with Gasteiger partial charge in [0.2, 0.25) is 0 Å². The maximum absolute atomic E-state index is 13.7. The fourth-order valence-electron chi connectivity index (χ4n) is 1.98. The quantitative estimate of drug-likeness (QED) is 0.866. The number of halogens is 1. The molecule has 1 amide bonds. The lowest BCUT2D eigenvalue weighted by Crippen LogP contribution is -2.26. The molecule has 0 aliphatic carbocycles. The number of carboxylic acid groups (broad SMARTS) is 1. The number of hydrogen-bond acceptors (Lipinski definition) is 4. The van der Waals surface area contributed by atoms with Gasteiger partial charge in [0, 0.05) is 12.1 Å². The van der Waals surface area contributed by atoms with Gasteiger partial charge < -0.3 is 10.4 Å². The van der Waals surface area contributed by atoms with Crippen molar-refractivity contribution < 1.29 is 19.1 Å². The zero-order valence-electron chi connectivity index (χ0n) is 12.1. The molecule has 0 unspecified atom stereocenters. The van der Waals surface area contributed by atoms with Crippen molar-refractivity contribution in [1.82, 2.24) is 20.1 Å². The molecule has 22 heavy (non-hydrogen) atoms. The van der Waals surface area contributed by atoms with Gasteiger partial charge in [0.15, 0.2) is 0 Å². The van der Waals surface area contributed by atoms with E-state index in [1.807, 2.05) is 0 Å². The summed E-state index contributed by atoms with van der Waals surface area (Å²) in [6, 6.07) is 3.80. The van der Waals surface area contributed by atoms with Gasteiger partial charge in [0.25, 0.3) is 5.91 Å². The highest BCUT2D eigenvalue weighted by atomic mass is 19.1. The van der Waals surface area contributed by atoms with E-state index in [-0.39, 0.29) is 18.5 Å². The molecule has 1 heterocycles. The fourth-order valence-corrected chi connectivity index (χ4v) is 1.98. The van der Waals surface area contributed by atoms with E-state index < -0.39 is 17.7 Å². The number of aryl methyl sites for hydroxylation is 2. The Hall–Kier alpha value is -2.77. The summed E-state index contributed by atoms with van der Waals surface area (Å²) in [4.78, 5) is 26.5. The normalized spacial score (nSPS) is 10.5. The molecule has 7 nitrogen and oxygen atoms in total. The van der Waals surface area contributed by atoms with Crippen LogP contribution in [0.4, 0.5) is 4.39 Å². The highest BCUT2D eigenvalue weighted by Crippen LogP contribution is 2.15. The Morgan fingerprint density at radius 2 is 2.05 bits per heavy atom. The van der Waals surface area contributed by atoms with Gasteiger partial charge >= 0.3 is 5.97 Å². The summed E-state index contributed by atoms with van der Waals surface area (Å²) in [7, 11) is 0. The maximum atomic E-state index is 13.7. The SMILES string of the molecule is Cc1nc(C)n(-c2cc(F)cc(C(=O)NCCC(=O)O)c2)n1. The molecule has 1 aromatic carbocycles. The van der Waals surface area contributed by atoms with Crippen LogP contribution in [0.25, 0.3) is 5.69 Å². The van der Waals surface area contributed by atoms with Crippen LogP contribution in [0.2, 0.25) is 0 Å². The number of carboxylic acids is 1. The lowest BCUT2D eigenvalue weighted by atomic mass is 10.1. The van der Waals surface area contributed by atoms with Crippen LogP contribution in [-0.2, 0) is 4.79 Å². The molecule has 0 saturated heterocycles. The minimum atomic E-state index is -1.02. The van der Waals surface area contributed by atoms with Gasteiger partial charge in [-0.25, -0.2) is 14.1 Å². The van der Waals surface area contributed by atoms with E-state index in [9.17, 15) is 14.0 Å². The number of nitrogens with zero attached hydrogens (tertiary/aromatic N) is 3. The number of rotatable bonds is 5. The van der Waals surface area contributed by atoms with Gasteiger partial charge in [-0.1, -0.05) is 0 Å². The van der Waals surface area contributed by atoms with Crippen molar-refractivity contribution in [2.75, 3.05) is 6.54 Å². The van der Waals surface area contributed by atoms with Gasteiger partial charge in [-0.05, 0) is 32.0 Å². The summed E-state index contributed by atoms with van der Waals surface area (Å²) in [5.74, 6) is -1.05. The minimum Gasteiger partial charge on any atom is -0.481 e. The molecule has 0 bridgehead atoms. The number of nitrogens with one attached hydrogen (secondary N) is 1. The van der Waals surface area contributed by atoms with Crippen LogP contribution in [0.15, 0.2) is 18.2 Å². The van der Waals surface area contributed by atoms with Crippen molar-refractivity contribution in [2.24, 2.45) is 0 Å². The molecule has 0 fully saturated rings. The Labute approximate surface area is 125 Å². The van der Waals surface area contributed by atoms with Crippen molar-refractivity contribution in [3.8, 4) is 5.69 Å². The van der Waals surface area contributed by atoms with E-state index >= 15 is 0 Å². The van der Waals surface area contributed by atoms with Crippen LogP contribution < -0.4 is 5.32 Å². The Kier molecular flexibility index (Phi) is 4.50. The average Bonchev–Trinajstić information content (AvgIpc) is 2.76. The lowest BCUT2D eigenvalue weighted by Gasteiger charge is -2.08. The Balaban J connectivity index is 2.25. The Bertz CT molecular complexity index is 727. The first-order valence-electron chi connectivity index (χ1n) is 6.58. The molecule has 8 heteroatoms.